The summed E-state index contributed by atoms with van der Waals surface area (Å²) < 4.78 is 22.6. The maximum Gasteiger partial charge on any atom is 0.220 e. The standard InChI is InChI=1S/C66H109NO13/c1-3-5-7-9-11-12-13-14-15-16-17-18-19-20-21-22-23-24-25-26-27-28-29-30-31-32-33-34-35-36-37-38-39-40-41-42-44-46-48-50-58(71)67-54(55(70)49-47-45-43-10-8-6-4-2)53-77-65-63(76)61(74)64(57(52-69)79-65)80-66-62(75)60(73)59(72)56(51-68)78-66/h5,7,11-12,14-15,17-18,20-21,23-24,26-27,29-30,32-33,47,49,54-57,59-66,68-70,72-76H,3-4,6,8-10,13,16,19,22,25,28,31,34-46,48,50-53H2,1-2H3,(H,67,71)/b7-5-,12-11-,15-14-,18-17-,21-20-,24-23-,27-26-,30-29-,33-32-,49-47+. The van der Waals surface area contributed by atoms with Crippen molar-refractivity contribution in [3.63, 3.8) is 0 Å². The van der Waals surface area contributed by atoms with Crippen LogP contribution in [0.1, 0.15) is 194 Å². The van der Waals surface area contributed by atoms with Crippen molar-refractivity contribution in [1.82, 2.24) is 5.32 Å². The molecule has 0 saturated carbocycles. The number of aliphatic hydroxyl groups excluding tert-OH is 8. The van der Waals surface area contributed by atoms with Gasteiger partial charge < -0.3 is 65.1 Å². The minimum Gasteiger partial charge on any atom is -0.394 e. The van der Waals surface area contributed by atoms with Crippen molar-refractivity contribution >= 4 is 5.91 Å². The lowest BCUT2D eigenvalue weighted by Crippen LogP contribution is -2.65. The second-order valence-corrected chi connectivity index (χ2v) is 21.1. The maximum atomic E-state index is 13.2. The fourth-order valence-corrected chi connectivity index (χ4v) is 9.22. The molecular formula is C66H109NO13. The molecule has 2 rings (SSSR count). The number of rotatable bonds is 47. The zero-order chi connectivity index (χ0) is 58.1. The molecular weight excluding hydrogens is 1010 g/mol. The molecule has 12 unspecified atom stereocenters. The smallest absolute Gasteiger partial charge is 0.220 e. The number of unbranched alkanes of at least 4 members (excludes halogenated alkanes) is 16. The van der Waals surface area contributed by atoms with Crippen LogP contribution in [0.15, 0.2) is 122 Å². The summed E-state index contributed by atoms with van der Waals surface area (Å²) in [6.45, 7) is 2.58. The van der Waals surface area contributed by atoms with Gasteiger partial charge in [-0.3, -0.25) is 4.79 Å². The molecule has 12 atom stereocenters. The highest BCUT2D eigenvalue weighted by molar-refractivity contribution is 5.76. The topological polar surface area (TPSA) is 228 Å². The highest BCUT2D eigenvalue weighted by Crippen LogP contribution is 2.30. The van der Waals surface area contributed by atoms with Crippen LogP contribution in [-0.2, 0) is 23.7 Å². The zero-order valence-electron chi connectivity index (χ0n) is 49.0. The van der Waals surface area contributed by atoms with Crippen molar-refractivity contribution < 1.29 is 64.6 Å². The first-order chi connectivity index (χ1) is 39.1. The van der Waals surface area contributed by atoms with Crippen molar-refractivity contribution in [3.8, 4) is 0 Å². The van der Waals surface area contributed by atoms with Crippen molar-refractivity contribution in [2.75, 3.05) is 19.8 Å². The van der Waals surface area contributed by atoms with Crippen LogP contribution >= 0.6 is 0 Å². The molecule has 1 amide bonds. The van der Waals surface area contributed by atoms with Gasteiger partial charge in [0, 0.05) is 6.42 Å². The van der Waals surface area contributed by atoms with Gasteiger partial charge >= 0.3 is 0 Å². The molecule has 9 N–H and O–H groups in total. The average Bonchev–Trinajstić information content (AvgIpc) is 3.48. The predicted octanol–water partition coefficient (Wildman–Crippen LogP) is 11.0. The summed E-state index contributed by atoms with van der Waals surface area (Å²) >= 11 is 0. The molecule has 14 nitrogen and oxygen atoms in total. The molecule has 0 aromatic carbocycles. The van der Waals surface area contributed by atoms with E-state index in [4.69, 9.17) is 18.9 Å². The van der Waals surface area contributed by atoms with Crippen molar-refractivity contribution in [2.45, 2.75) is 267 Å². The lowest BCUT2D eigenvalue weighted by molar-refractivity contribution is -0.359. The Morgan fingerprint density at radius 2 is 0.863 bits per heavy atom. The van der Waals surface area contributed by atoms with E-state index in [0.717, 1.165) is 116 Å². The summed E-state index contributed by atoms with van der Waals surface area (Å²) in [5.41, 5.74) is 0. The van der Waals surface area contributed by atoms with E-state index in [-0.39, 0.29) is 18.9 Å². The first kappa shape index (κ1) is 72.5. The third-order valence-electron chi connectivity index (χ3n) is 14.2. The largest absolute Gasteiger partial charge is 0.394 e. The van der Waals surface area contributed by atoms with E-state index in [9.17, 15) is 45.6 Å². The highest BCUT2D eigenvalue weighted by Gasteiger charge is 2.51. The molecule has 2 heterocycles. The van der Waals surface area contributed by atoms with Crippen molar-refractivity contribution in [1.29, 1.82) is 0 Å². The maximum absolute atomic E-state index is 13.2. The quantitative estimate of drug-likeness (QED) is 0.0204. The Hall–Kier alpha value is -3.61. The van der Waals surface area contributed by atoms with E-state index in [1.165, 1.54) is 51.4 Å². The predicted molar refractivity (Wildman–Crippen MR) is 322 cm³/mol. The number of hydrogen-bond acceptors (Lipinski definition) is 13. The van der Waals surface area contributed by atoms with Crippen LogP contribution in [0.4, 0.5) is 0 Å². The second-order valence-electron chi connectivity index (χ2n) is 21.1. The number of carbonyl (C=O) groups is 1. The van der Waals surface area contributed by atoms with Crippen LogP contribution in [0, 0.1) is 0 Å². The van der Waals surface area contributed by atoms with Gasteiger partial charge in [0.15, 0.2) is 12.6 Å². The summed E-state index contributed by atoms with van der Waals surface area (Å²) in [6, 6.07) is -0.920. The molecule has 0 bridgehead atoms. The van der Waals surface area contributed by atoms with E-state index in [1.54, 1.807) is 6.08 Å². The SMILES string of the molecule is CC/C=C\C/C=C\C/C=C\C/C=C\C/C=C\C/C=C\C/C=C\C/C=C\C/C=C\CCCCCCCCCCCCCC(=O)NC(COC1OC(CO)C(OC2OC(CO)C(O)C(O)C2O)C(O)C1O)C(O)/C=C/CCCCCCC. The highest BCUT2D eigenvalue weighted by atomic mass is 16.7. The number of amides is 1. The fourth-order valence-electron chi connectivity index (χ4n) is 9.22. The Morgan fingerprint density at radius 3 is 1.32 bits per heavy atom. The van der Waals surface area contributed by atoms with Crippen molar-refractivity contribution in [3.05, 3.63) is 122 Å². The Balaban J connectivity index is 1.56. The minimum absolute atomic E-state index is 0.253. The molecule has 2 saturated heterocycles. The van der Waals surface area contributed by atoms with Crippen molar-refractivity contribution in [2.24, 2.45) is 0 Å². The Labute approximate surface area is 482 Å². The fraction of sp³-hybridized carbons (Fsp3) is 0.682. The molecule has 0 radical (unpaired) electrons. The minimum atomic E-state index is -1.79. The van der Waals surface area contributed by atoms with E-state index < -0.39 is 86.8 Å². The monoisotopic (exact) mass is 1120 g/mol. The van der Waals surface area contributed by atoms with Crippen LogP contribution in [0.3, 0.4) is 0 Å². The summed E-state index contributed by atoms with van der Waals surface area (Å²) in [5.74, 6) is -0.253. The third-order valence-corrected chi connectivity index (χ3v) is 14.2. The van der Waals surface area contributed by atoms with Gasteiger partial charge in [-0.2, -0.15) is 0 Å². The lowest BCUT2D eigenvalue weighted by atomic mass is 9.97. The van der Waals surface area contributed by atoms with Crippen LogP contribution in [-0.4, -0.2) is 140 Å². The Bertz CT molecular complexity index is 1800. The molecule has 2 fully saturated rings. The van der Waals surface area contributed by atoms with Crippen LogP contribution in [0.2, 0.25) is 0 Å². The third kappa shape index (κ3) is 34.7. The summed E-state index contributed by atoms with van der Waals surface area (Å²) in [5, 5.41) is 86.6. The molecule has 14 heteroatoms. The van der Waals surface area contributed by atoms with Gasteiger partial charge in [-0.1, -0.05) is 219 Å². The molecule has 0 aliphatic carbocycles. The van der Waals surface area contributed by atoms with E-state index in [2.05, 4.69) is 129 Å². The van der Waals surface area contributed by atoms with Gasteiger partial charge in [0.05, 0.1) is 32.0 Å². The summed E-state index contributed by atoms with van der Waals surface area (Å²) in [6.07, 6.45) is 55.8. The van der Waals surface area contributed by atoms with Crippen LogP contribution in [0.5, 0.6) is 0 Å². The number of allylic oxidation sites excluding steroid dienone is 19. The first-order valence-corrected chi connectivity index (χ1v) is 30.8. The molecule has 456 valence electrons. The molecule has 0 spiro atoms. The number of carbonyl (C=O) groups excluding carboxylic acids is 1. The summed E-state index contributed by atoms with van der Waals surface area (Å²) in [7, 11) is 0. The number of hydrogen-bond donors (Lipinski definition) is 9. The van der Waals surface area contributed by atoms with E-state index >= 15 is 0 Å². The molecule has 2 aliphatic rings. The lowest BCUT2D eigenvalue weighted by Gasteiger charge is -2.46. The van der Waals surface area contributed by atoms with E-state index in [0.29, 0.717) is 6.42 Å². The Morgan fingerprint density at radius 1 is 0.463 bits per heavy atom. The molecule has 0 aromatic heterocycles. The number of aliphatic hydroxyl groups is 8. The van der Waals surface area contributed by atoms with Crippen LogP contribution in [0.25, 0.3) is 0 Å². The zero-order valence-corrected chi connectivity index (χ0v) is 49.0. The van der Waals surface area contributed by atoms with E-state index in [1.807, 2.05) is 6.08 Å². The van der Waals surface area contributed by atoms with Gasteiger partial charge in [-0.05, 0) is 89.9 Å². The summed E-state index contributed by atoms with van der Waals surface area (Å²) in [4.78, 5) is 13.2. The van der Waals surface area contributed by atoms with Gasteiger partial charge in [0.25, 0.3) is 0 Å². The van der Waals surface area contributed by atoms with Crippen LogP contribution < -0.4 is 5.32 Å². The molecule has 0 aromatic rings. The van der Waals surface area contributed by atoms with Gasteiger partial charge in [-0.15, -0.1) is 0 Å². The Kier molecular flexibility index (Phi) is 45.3. The van der Waals surface area contributed by atoms with Gasteiger partial charge in [0.1, 0.15) is 48.8 Å². The van der Waals surface area contributed by atoms with Gasteiger partial charge in [-0.25, -0.2) is 0 Å². The number of nitrogens with one attached hydrogen (secondary N) is 1. The number of ether oxygens (including phenoxy) is 4. The normalized spacial score (nSPS) is 25.1. The average molecular weight is 1120 g/mol. The van der Waals surface area contributed by atoms with Gasteiger partial charge in [0.2, 0.25) is 5.91 Å². The molecule has 2 aliphatic heterocycles. The molecule has 80 heavy (non-hydrogen) atoms. The second kappa shape index (κ2) is 50.0. The first-order valence-electron chi connectivity index (χ1n) is 30.8.